The first-order valence-electron chi connectivity index (χ1n) is 6.96. The molecule has 0 aliphatic carbocycles. The van der Waals surface area contributed by atoms with E-state index in [0.717, 1.165) is 20.8 Å². The summed E-state index contributed by atoms with van der Waals surface area (Å²) in [4.78, 5) is 21.3. The van der Waals surface area contributed by atoms with Crippen LogP contribution < -0.4 is 4.74 Å². The number of thioether (sulfide) groups is 1. The highest BCUT2D eigenvalue weighted by Crippen LogP contribution is 2.28. The first-order valence-corrected chi connectivity index (χ1v) is 9.20. The second-order valence-corrected chi connectivity index (χ2v) is 7.02. The van der Waals surface area contributed by atoms with Gasteiger partial charge >= 0.3 is 5.97 Å². The van der Waals surface area contributed by atoms with Crippen molar-refractivity contribution < 1.29 is 14.3 Å². The van der Waals surface area contributed by atoms with Crippen molar-refractivity contribution in [2.45, 2.75) is 11.6 Å². The number of hydrogen-bond donors (Lipinski definition) is 0. The largest absolute Gasteiger partial charge is 0.496 e. The number of carbonyl (C=O) groups is 1. The molecule has 5 nitrogen and oxygen atoms in total. The summed E-state index contributed by atoms with van der Waals surface area (Å²) in [6, 6.07) is 7.14. The molecule has 0 amide bonds. The van der Waals surface area contributed by atoms with Gasteiger partial charge in [0.1, 0.15) is 28.5 Å². The fourth-order valence-electron chi connectivity index (χ4n) is 2.07. The zero-order chi connectivity index (χ0) is 16.9. The van der Waals surface area contributed by atoms with Gasteiger partial charge in [0, 0.05) is 16.0 Å². The predicted octanol–water partition coefficient (Wildman–Crippen LogP) is 4.19. The first-order chi connectivity index (χ1) is 11.7. The minimum absolute atomic E-state index is 0.112. The van der Waals surface area contributed by atoms with Crippen LogP contribution in [0, 0.1) is 0 Å². The Bertz CT molecular complexity index is 869. The van der Waals surface area contributed by atoms with Gasteiger partial charge < -0.3 is 9.47 Å². The van der Waals surface area contributed by atoms with Gasteiger partial charge in [-0.25, -0.2) is 9.97 Å². The van der Waals surface area contributed by atoms with Crippen LogP contribution in [0.5, 0.6) is 5.75 Å². The molecule has 0 saturated carbocycles. The quantitative estimate of drug-likeness (QED) is 0.363. The summed E-state index contributed by atoms with van der Waals surface area (Å²) in [5.41, 5.74) is 0.727. The molecule has 0 saturated heterocycles. The number of aromatic nitrogens is 2. The van der Waals surface area contributed by atoms with Crippen LogP contribution in [0.15, 0.2) is 41.0 Å². The van der Waals surface area contributed by atoms with E-state index in [1.54, 1.807) is 36.6 Å². The van der Waals surface area contributed by atoms with Crippen LogP contribution in [0.25, 0.3) is 10.2 Å². The summed E-state index contributed by atoms with van der Waals surface area (Å²) in [6.45, 7) is 0.112. The van der Waals surface area contributed by atoms with Crippen LogP contribution in [0.3, 0.4) is 0 Å². The van der Waals surface area contributed by atoms with Gasteiger partial charge in [-0.1, -0.05) is 23.4 Å². The Kier molecular flexibility index (Phi) is 5.55. The fourth-order valence-corrected chi connectivity index (χ4v) is 3.84. The summed E-state index contributed by atoms with van der Waals surface area (Å²) in [5, 5.41) is 4.25. The van der Waals surface area contributed by atoms with E-state index >= 15 is 0 Å². The van der Waals surface area contributed by atoms with Crippen LogP contribution in [-0.4, -0.2) is 28.8 Å². The molecule has 0 atom stereocenters. The molecule has 8 heteroatoms. The van der Waals surface area contributed by atoms with Gasteiger partial charge in [-0.2, -0.15) is 0 Å². The number of esters is 1. The molecule has 3 aromatic rings. The molecular weight excluding hydrogens is 368 g/mol. The molecule has 2 aromatic heterocycles. The van der Waals surface area contributed by atoms with Crippen molar-refractivity contribution in [3.05, 3.63) is 46.6 Å². The minimum Gasteiger partial charge on any atom is -0.496 e. The molecule has 24 heavy (non-hydrogen) atoms. The van der Waals surface area contributed by atoms with Crippen molar-refractivity contribution in [3.63, 3.8) is 0 Å². The highest BCUT2D eigenvalue weighted by Gasteiger charge is 2.11. The Morgan fingerprint density at radius 1 is 1.33 bits per heavy atom. The zero-order valence-corrected chi connectivity index (χ0v) is 15.1. The Morgan fingerprint density at radius 2 is 2.21 bits per heavy atom. The Balaban J connectivity index is 1.58. The Morgan fingerprint density at radius 3 is 3.04 bits per heavy atom. The number of fused-ring (bicyclic) bond motifs is 1. The third-order valence-electron chi connectivity index (χ3n) is 3.18. The highest BCUT2D eigenvalue weighted by molar-refractivity contribution is 8.00. The van der Waals surface area contributed by atoms with Gasteiger partial charge in [-0.05, 0) is 29.6 Å². The zero-order valence-electron chi connectivity index (χ0n) is 12.7. The average molecular weight is 381 g/mol. The van der Waals surface area contributed by atoms with Crippen LogP contribution >= 0.6 is 34.7 Å². The Hall–Kier alpha value is -1.83. The maximum Gasteiger partial charge on any atom is 0.316 e. The highest BCUT2D eigenvalue weighted by atomic mass is 35.5. The van der Waals surface area contributed by atoms with Crippen LogP contribution in [0.4, 0.5) is 0 Å². The lowest BCUT2D eigenvalue weighted by Gasteiger charge is -2.09. The van der Waals surface area contributed by atoms with E-state index in [9.17, 15) is 4.79 Å². The third-order valence-corrected chi connectivity index (χ3v) is 5.22. The van der Waals surface area contributed by atoms with Crippen molar-refractivity contribution in [2.75, 3.05) is 12.9 Å². The van der Waals surface area contributed by atoms with Gasteiger partial charge in [0.15, 0.2) is 0 Å². The number of rotatable bonds is 6. The number of methoxy groups -OCH3 is 1. The molecule has 124 valence electrons. The average Bonchev–Trinajstić information content (AvgIpc) is 3.07. The van der Waals surface area contributed by atoms with Gasteiger partial charge in [0.05, 0.1) is 12.9 Å². The van der Waals surface area contributed by atoms with Gasteiger partial charge in [0.25, 0.3) is 0 Å². The lowest BCUT2D eigenvalue weighted by molar-refractivity contribution is -0.141. The molecule has 0 unspecified atom stereocenters. The molecule has 0 radical (unpaired) electrons. The fraction of sp³-hybridized carbons (Fsp3) is 0.188. The minimum atomic E-state index is -0.330. The molecule has 0 fully saturated rings. The first kappa shape index (κ1) is 17.0. The van der Waals surface area contributed by atoms with E-state index in [4.69, 9.17) is 21.1 Å². The monoisotopic (exact) mass is 380 g/mol. The van der Waals surface area contributed by atoms with Crippen molar-refractivity contribution in [1.29, 1.82) is 0 Å². The third kappa shape index (κ3) is 3.98. The van der Waals surface area contributed by atoms with Crippen molar-refractivity contribution in [1.82, 2.24) is 9.97 Å². The van der Waals surface area contributed by atoms with E-state index in [1.807, 2.05) is 11.4 Å². The van der Waals surface area contributed by atoms with E-state index in [0.29, 0.717) is 10.8 Å². The molecule has 2 heterocycles. The van der Waals surface area contributed by atoms with Crippen LogP contribution in [0.2, 0.25) is 5.02 Å². The maximum atomic E-state index is 12.0. The van der Waals surface area contributed by atoms with E-state index < -0.39 is 0 Å². The Labute approximate surface area is 152 Å². The lowest BCUT2D eigenvalue weighted by atomic mass is 10.2. The number of hydrogen-bond acceptors (Lipinski definition) is 7. The number of halogens is 1. The van der Waals surface area contributed by atoms with Crippen LogP contribution in [-0.2, 0) is 16.1 Å². The second-order valence-electron chi connectivity index (χ2n) is 4.72. The summed E-state index contributed by atoms with van der Waals surface area (Å²) in [6.07, 6.45) is 1.50. The topological polar surface area (TPSA) is 61.3 Å². The molecule has 0 aliphatic rings. The van der Waals surface area contributed by atoms with Gasteiger partial charge in [-0.3, -0.25) is 4.79 Å². The summed E-state index contributed by atoms with van der Waals surface area (Å²) < 4.78 is 10.5. The number of ether oxygens (including phenoxy) is 2. The smallest absolute Gasteiger partial charge is 0.316 e. The van der Waals surface area contributed by atoms with Crippen molar-refractivity contribution >= 4 is 50.9 Å². The van der Waals surface area contributed by atoms with E-state index in [-0.39, 0.29) is 18.3 Å². The normalized spacial score (nSPS) is 10.8. The van der Waals surface area contributed by atoms with Crippen molar-refractivity contribution in [2.24, 2.45) is 0 Å². The predicted molar refractivity (Wildman–Crippen MR) is 95.9 cm³/mol. The number of nitrogens with zero attached hydrogens (tertiary/aromatic N) is 2. The summed E-state index contributed by atoms with van der Waals surface area (Å²) >= 11 is 8.84. The second kappa shape index (κ2) is 7.83. The molecule has 0 N–H and O–H groups in total. The standard InChI is InChI=1S/C16H13ClN2O3S2/c1-21-13-3-2-11(17)6-10(13)7-22-14(20)8-24-16-12-4-5-23-15(12)18-9-19-16/h2-6,9H,7-8H2,1H3. The van der Waals surface area contributed by atoms with E-state index in [1.165, 1.54) is 18.1 Å². The molecular formula is C16H13ClN2O3S2. The number of carbonyl (C=O) groups excluding carboxylic acids is 1. The van der Waals surface area contributed by atoms with Gasteiger partial charge in [0.2, 0.25) is 0 Å². The number of benzene rings is 1. The molecule has 0 aliphatic heterocycles. The SMILES string of the molecule is COc1ccc(Cl)cc1COC(=O)CSc1ncnc2sccc12. The van der Waals surface area contributed by atoms with E-state index in [2.05, 4.69) is 9.97 Å². The molecule has 0 bridgehead atoms. The molecule has 1 aromatic carbocycles. The van der Waals surface area contributed by atoms with Crippen molar-refractivity contribution in [3.8, 4) is 5.75 Å². The maximum absolute atomic E-state index is 12.0. The van der Waals surface area contributed by atoms with Gasteiger partial charge in [-0.15, -0.1) is 11.3 Å². The van der Waals surface area contributed by atoms with Crippen LogP contribution in [0.1, 0.15) is 5.56 Å². The molecule has 0 spiro atoms. The summed E-state index contributed by atoms with van der Waals surface area (Å²) in [5.74, 6) is 0.477. The lowest BCUT2D eigenvalue weighted by Crippen LogP contribution is -2.08. The molecule has 3 rings (SSSR count). The summed E-state index contributed by atoms with van der Waals surface area (Å²) in [7, 11) is 1.56. The number of thiophene rings is 1.